The third-order valence-corrected chi connectivity index (χ3v) is 3.13. The fourth-order valence-electron chi connectivity index (χ4n) is 1.69. The number of ketones is 1. The lowest BCUT2D eigenvalue weighted by Crippen LogP contribution is -2.07. The Morgan fingerprint density at radius 2 is 1.67 bits per heavy atom. The maximum Gasteiger partial charge on any atom is 0.193 e. The normalized spacial score (nSPS) is 11.2. The van der Waals surface area contributed by atoms with Gasteiger partial charge >= 0.3 is 0 Å². The molecule has 0 radical (unpaired) electrons. The van der Waals surface area contributed by atoms with Crippen molar-refractivity contribution < 1.29 is 13.6 Å². The van der Waals surface area contributed by atoms with E-state index in [1.54, 1.807) is 0 Å². The Morgan fingerprint density at radius 3 is 2.19 bits per heavy atom. The molecule has 0 saturated heterocycles. The molecule has 4 nitrogen and oxygen atoms in total. The molecular formula is C16H18NO3S-. The lowest BCUT2D eigenvalue weighted by atomic mass is 10.0. The number of hydrogen-bond donors (Lipinski definition) is 1. The Labute approximate surface area is 127 Å². The first-order valence-corrected chi connectivity index (χ1v) is 7.61. The molecule has 0 aromatic heterocycles. The van der Waals surface area contributed by atoms with Crippen molar-refractivity contribution in [3.63, 3.8) is 0 Å². The number of nitrogens with one attached hydrogen (secondary N) is 1. The first-order valence-electron chi connectivity index (χ1n) is 6.53. The maximum atomic E-state index is 12.1. The molecule has 2 aromatic rings. The summed E-state index contributed by atoms with van der Waals surface area (Å²) in [4.78, 5) is 12.1. The number of rotatable bonds is 4. The van der Waals surface area contributed by atoms with E-state index in [0.29, 0.717) is 0 Å². The van der Waals surface area contributed by atoms with Crippen LogP contribution in [0.1, 0.15) is 28.4 Å². The molecule has 0 aliphatic heterocycles. The van der Waals surface area contributed by atoms with Gasteiger partial charge in [-0.3, -0.25) is 13.7 Å². The number of aryl methyl sites for hydroxylation is 1. The Hall–Kier alpha value is -1.82. The zero-order valence-electron chi connectivity index (χ0n) is 12.0. The van der Waals surface area contributed by atoms with Crippen LogP contribution in [-0.4, -0.2) is 21.6 Å². The van der Waals surface area contributed by atoms with Crippen LogP contribution in [0, 0.1) is 0 Å². The molecule has 0 heterocycles. The third kappa shape index (κ3) is 5.99. The monoisotopic (exact) mass is 304 g/mol. The van der Waals surface area contributed by atoms with Crippen molar-refractivity contribution in [1.82, 2.24) is 4.72 Å². The predicted molar refractivity (Wildman–Crippen MR) is 83.7 cm³/mol. The molecule has 0 fully saturated rings. The predicted octanol–water partition coefficient (Wildman–Crippen LogP) is 2.48. The van der Waals surface area contributed by atoms with Crippen LogP contribution < -0.4 is 4.72 Å². The van der Waals surface area contributed by atoms with Crippen LogP contribution in [0.5, 0.6) is 0 Å². The van der Waals surface area contributed by atoms with E-state index in [1.165, 1.54) is 12.6 Å². The topological polar surface area (TPSA) is 69.2 Å². The Morgan fingerprint density at radius 1 is 1.10 bits per heavy atom. The average Bonchev–Trinajstić information content (AvgIpc) is 2.55. The van der Waals surface area contributed by atoms with Crippen LogP contribution in [0.2, 0.25) is 0 Å². The van der Waals surface area contributed by atoms with Gasteiger partial charge in [0, 0.05) is 22.4 Å². The van der Waals surface area contributed by atoms with Crippen LogP contribution in [0.25, 0.3) is 0 Å². The van der Waals surface area contributed by atoms with Gasteiger partial charge in [-0.05, 0) is 25.1 Å². The molecule has 0 aliphatic carbocycles. The Bertz CT molecular complexity index is 599. The summed E-state index contributed by atoms with van der Waals surface area (Å²) in [7, 11) is 1.34. The van der Waals surface area contributed by atoms with E-state index >= 15 is 0 Å². The highest BCUT2D eigenvalue weighted by atomic mass is 32.2. The third-order valence-electron chi connectivity index (χ3n) is 2.80. The molecule has 0 spiro atoms. The summed E-state index contributed by atoms with van der Waals surface area (Å²) in [5, 5.41) is 0. The number of carbonyl (C=O) groups is 1. The van der Waals surface area contributed by atoms with Crippen LogP contribution in [-0.2, 0) is 17.7 Å². The van der Waals surface area contributed by atoms with Gasteiger partial charge in [-0.15, -0.1) is 0 Å². The first-order chi connectivity index (χ1) is 10.1. The van der Waals surface area contributed by atoms with Crippen molar-refractivity contribution in [2.75, 3.05) is 7.05 Å². The molecule has 0 amide bonds. The maximum absolute atomic E-state index is 12.1. The molecule has 2 rings (SSSR count). The van der Waals surface area contributed by atoms with E-state index in [4.69, 9.17) is 0 Å². The minimum Gasteiger partial charge on any atom is -0.760 e. The summed E-state index contributed by atoms with van der Waals surface area (Å²) in [5.74, 6) is 0.0934. The summed E-state index contributed by atoms with van der Waals surface area (Å²) in [6.45, 7) is 2.09. The van der Waals surface area contributed by atoms with Crippen molar-refractivity contribution >= 4 is 17.0 Å². The zero-order valence-corrected chi connectivity index (χ0v) is 12.9. The molecule has 2 aromatic carbocycles. The van der Waals surface area contributed by atoms with Crippen molar-refractivity contribution in [2.24, 2.45) is 0 Å². The van der Waals surface area contributed by atoms with Gasteiger partial charge in [0.15, 0.2) is 5.78 Å². The summed E-state index contributed by atoms with van der Waals surface area (Å²) >= 11 is -2.07. The fraction of sp³-hybridized carbons (Fsp3) is 0.188. The molecule has 1 unspecified atom stereocenters. The molecular weight excluding hydrogens is 286 g/mol. The number of benzene rings is 2. The van der Waals surface area contributed by atoms with Crippen molar-refractivity contribution in [2.45, 2.75) is 13.3 Å². The largest absolute Gasteiger partial charge is 0.760 e. The second-order valence-electron chi connectivity index (χ2n) is 4.19. The average molecular weight is 304 g/mol. The lowest BCUT2D eigenvalue weighted by Gasteiger charge is -2.03. The van der Waals surface area contributed by atoms with Gasteiger partial charge in [-0.1, -0.05) is 55.5 Å². The van der Waals surface area contributed by atoms with E-state index in [9.17, 15) is 13.6 Å². The molecule has 0 bridgehead atoms. The smallest absolute Gasteiger partial charge is 0.193 e. The van der Waals surface area contributed by atoms with E-state index in [1.807, 2.05) is 59.3 Å². The molecule has 5 heteroatoms. The van der Waals surface area contributed by atoms with Gasteiger partial charge in [0.05, 0.1) is 0 Å². The van der Waals surface area contributed by atoms with Gasteiger partial charge in [0.1, 0.15) is 0 Å². The summed E-state index contributed by atoms with van der Waals surface area (Å²) in [5.41, 5.74) is 2.71. The van der Waals surface area contributed by atoms with Gasteiger partial charge in [-0.2, -0.15) is 0 Å². The SMILES string of the molecule is CCc1cccc(C(=O)c2ccccc2)c1.CNS(=O)[O-]. The number of carbonyl (C=O) groups excluding carboxylic acids is 1. The molecule has 21 heavy (non-hydrogen) atoms. The van der Waals surface area contributed by atoms with E-state index < -0.39 is 11.3 Å². The van der Waals surface area contributed by atoms with E-state index in [-0.39, 0.29) is 5.78 Å². The fourth-order valence-corrected chi connectivity index (χ4v) is 1.69. The summed E-state index contributed by atoms with van der Waals surface area (Å²) in [6, 6.07) is 17.2. The van der Waals surface area contributed by atoms with Crippen molar-refractivity contribution in [3.05, 3.63) is 71.3 Å². The number of hydrogen-bond acceptors (Lipinski definition) is 3. The van der Waals surface area contributed by atoms with Crippen LogP contribution >= 0.6 is 0 Å². The molecule has 1 atom stereocenters. The minimum absolute atomic E-state index is 0.0934. The van der Waals surface area contributed by atoms with E-state index in [0.717, 1.165) is 17.5 Å². The van der Waals surface area contributed by atoms with Crippen LogP contribution in [0.15, 0.2) is 54.6 Å². The molecule has 0 saturated carbocycles. The Balaban J connectivity index is 0.000000383. The molecule has 0 aliphatic rings. The lowest BCUT2D eigenvalue weighted by molar-refractivity contribution is 0.103. The standard InChI is InChI=1S/C15H14O.CH5NO2S/c1-2-12-7-6-10-14(11-12)15(16)13-8-4-3-5-9-13;1-2-5(3)4/h3-11H,2H2,1H3;2H,1H3,(H,3,4)/p-1. The Kier molecular flexibility index (Phi) is 7.53. The second kappa shape index (κ2) is 9.18. The van der Waals surface area contributed by atoms with Crippen molar-refractivity contribution in [1.29, 1.82) is 0 Å². The van der Waals surface area contributed by atoms with E-state index in [2.05, 4.69) is 6.92 Å². The van der Waals surface area contributed by atoms with Gasteiger partial charge in [0.25, 0.3) is 0 Å². The first kappa shape index (κ1) is 17.2. The highest BCUT2D eigenvalue weighted by Crippen LogP contribution is 2.11. The van der Waals surface area contributed by atoms with Gasteiger partial charge < -0.3 is 4.55 Å². The van der Waals surface area contributed by atoms with Crippen LogP contribution in [0.4, 0.5) is 0 Å². The highest BCUT2D eigenvalue weighted by Gasteiger charge is 2.07. The molecule has 112 valence electrons. The summed E-state index contributed by atoms with van der Waals surface area (Å²) < 4.78 is 20.5. The zero-order chi connectivity index (χ0) is 15.7. The second-order valence-corrected chi connectivity index (χ2v) is 5.07. The minimum atomic E-state index is -2.07. The quantitative estimate of drug-likeness (QED) is 0.697. The summed E-state index contributed by atoms with van der Waals surface area (Å²) in [6.07, 6.45) is 0.954. The highest BCUT2D eigenvalue weighted by molar-refractivity contribution is 7.77. The van der Waals surface area contributed by atoms with Gasteiger partial charge in [-0.25, -0.2) is 0 Å². The van der Waals surface area contributed by atoms with Crippen molar-refractivity contribution in [3.8, 4) is 0 Å². The van der Waals surface area contributed by atoms with Gasteiger partial charge in [0.2, 0.25) is 0 Å². The van der Waals surface area contributed by atoms with Crippen LogP contribution in [0.3, 0.4) is 0 Å². The molecule has 1 N–H and O–H groups in total.